The molecular weight excluding hydrogens is 452 g/mol. The topological polar surface area (TPSA) is 96.6 Å². The molecule has 0 spiro atoms. The molecule has 0 unspecified atom stereocenters. The number of benzene rings is 2. The standard InChI is InChI=1S/C25H30N4O4S/c1-6-23(30)29-14-13-18-15-20(11-12-21(18)29)34(31,32)28(5)16-22-26-24(27-33-22)17-7-9-19(10-8-17)25(2,3)4/h7-12,15H,6,13-14,16H2,1-5H3. The second-order valence-electron chi connectivity index (χ2n) is 9.54. The molecule has 1 aliphatic rings. The summed E-state index contributed by atoms with van der Waals surface area (Å²) in [5, 5.41) is 4.02. The number of rotatable bonds is 6. The second-order valence-corrected chi connectivity index (χ2v) is 11.6. The van der Waals surface area contributed by atoms with Crippen LogP contribution in [0, 0.1) is 0 Å². The van der Waals surface area contributed by atoms with Gasteiger partial charge in [-0.05, 0) is 41.2 Å². The van der Waals surface area contributed by atoms with Gasteiger partial charge in [0.25, 0.3) is 0 Å². The van der Waals surface area contributed by atoms with Gasteiger partial charge in [-0.1, -0.05) is 57.1 Å². The van der Waals surface area contributed by atoms with Crippen LogP contribution in [-0.4, -0.2) is 42.4 Å². The van der Waals surface area contributed by atoms with E-state index >= 15 is 0 Å². The number of fused-ring (bicyclic) bond motifs is 1. The Morgan fingerprint density at radius 3 is 2.50 bits per heavy atom. The van der Waals surface area contributed by atoms with Gasteiger partial charge in [-0.3, -0.25) is 4.79 Å². The number of nitrogens with zero attached hydrogens (tertiary/aromatic N) is 4. The van der Waals surface area contributed by atoms with E-state index in [-0.39, 0.29) is 28.7 Å². The van der Waals surface area contributed by atoms with Crippen LogP contribution < -0.4 is 4.90 Å². The minimum absolute atomic E-state index is 0.0340. The lowest BCUT2D eigenvalue weighted by Gasteiger charge is -2.18. The first-order chi connectivity index (χ1) is 16.0. The largest absolute Gasteiger partial charge is 0.338 e. The van der Waals surface area contributed by atoms with Gasteiger partial charge in [0.05, 0.1) is 11.4 Å². The smallest absolute Gasteiger partial charge is 0.243 e. The Morgan fingerprint density at radius 1 is 1.15 bits per heavy atom. The molecule has 34 heavy (non-hydrogen) atoms. The van der Waals surface area contributed by atoms with Gasteiger partial charge in [0.2, 0.25) is 27.6 Å². The fourth-order valence-corrected chi connectivity index (χ4v) is 5.17. The Labute approximate surface area is 200 Å². The van der Waals surface area contributed by atoms with Gasteiger partial charge in [0, 0.05) is 31.3 Å². The lowest BCUT2D eigenvalue weighted by Crippen LogP contribution is -2.28. The number of carbonyl (C=O) groups excluding carboxylic acids is 1. The van der Waals surface area contributed by atoms with Crippen molar-refractivity contribution in [1.29, 1.82) is 0 Å². The first-order valence-corrected chi connectivity index (χ1v) is 12.8. The van der Waals surface area contributed by atoms with Crippen molar-refractivity contribution in [3.63, 3.8) is 0 Å². The number of amides is 1. The highest BCUT2D eigenvalue weighted by molar-refractivity contribution is 7.89. The van der Waals surface area contributed by atoms with E-state index in [0.717, 1.165) is 16.8 Å². The highest BCUT2D eigenvalue weighted by Crippen LogP contribution is 2.32. The number of aromatic nitrogens is 2. The van der Waals surface area contributed by atoms with Gasteiger partial charge in [-0.2, -0.15) is 9.29 Å². The second kappa shape index (κ2) is 8.96. The summed E-state index contributed by atoms with van der Waals surface area (Å²) in [5.41, 5.74) is 3.68. The van der Waals surface area contributed by atoms with Gasteiger partial charge in [-0.15, -0.1) is 0 Å². The number of sulfonamides is 1. The third-order valence-corrected chi connectivity index (χ3v) is 7.89. The van der Waals surface area contributed by atoms with Crippen molar-refractivity contribution in [2.75, 3.05) is 18.5 Å². The maximum Gasteiger partial charge on any atom is 0.243 e. The summed E-state index contributed by atoms with van der Waals surface area (Å²) in [4.78, 5) is 18.4. The van der Waals surface area contributed by atoms with Crippen LogP contribution in [0.15, 0.2) is 51.9 Å². The van der Waals surface area contributed by atoms with Crippen LogP contribution in [-0.2, 0) is 33.2 Å². The van der Waals surface area contributed by atoms with Crippen molar-refractivity contribution in [2.24, 2.45) is 0 Å². The van der Waals surface area contributed by atoms with Crippen molar-refractivity contribution in [2.45, 2.75) is 57.4 Å². The number of hydrogen-bond donors (Lipinski definition) is 0. The molecule has 0 saturated carbocycles. The molecule has 1 amide bonds. The molecule has 0 saturated heterocycles. The maximum absolute atomic E-state index is 13.2. The molecule has 2 aromatic carbocycles. The first-order valence-electron chi connectivity index (χ1n) is 11.3. The first kappa shape index (κ1) is 24.1. The van der Waals surface area contributed by atoms with Crippen molar-refractivity contribution in [1.82, 2.24) is 14.4 Å². The van der Waals surface area contributed by atoms with E-state index < -0.39 is 10.0 Å². The molecule has 9 heteroatoms. The molecule has 2 heterocycles. The van der Waals surface area contributed by atoms with Gasteiger partial charge in [0.15, 0.2) is 0 Å². The van der Waals surface area contributed by atoms with Gasteiger partial charge in [0.1, 0.15) is 0 Å². The molecule has 0 fully saturated rings. The van der Waals surface area contributed by atoms with Crippen molar-refractivity contribution in [3.8, 4) is 11.4 Å². The maximum atomic E-state index is 13.2. The molecule has 3 aromatic rings. The van der Waals surface area contributed by atoms with E-state index in [9.17, 15) is 13.2 Å². The molecule has 8 nitrogen and oxygen atoms in total. The summed E-state index contributed by atoms with van der Waals surface area (Å²) in [6, 6.07) is 12.8. The fourth-order valence-electron chi connectivity index (χ4n) is 4.00. The van der Waals surface area contributed by atoms with Crippen LogP contribution in [0.25, 0.3) is 11.4 Å². The average Bonchev–Trinajstić information content (AvgIpc) is 3.44. The summed E-state index contributed by atoms with van der Waals surface area (Å²) in [6.45, 7) is 8.78. The summed E-state index contributed by atoms with van der Waals surface area (Å²) in [6.07, 6.45) is 1.05. The monoisotopic (exact) mass is 482 g/mol. The number of carbonyl (C=O) groups is 1. The molecule has 180 valence electrons. The fraction of sp³-hybridized carbons (Fsp3) is 0.400. The van der Waals surface area contributed by atoms with Crippen molar-refractivity contribution in [3.05, 3.63) is 59.5 Å². The Bertz CT molecular complexity index is 1310. The molecule has 1 aliphatic heterocycles. The summed E-state index contributed by atoms with van der Waals surface area (Å²) in [5.74, 6) is 0.660. The van der Waals surface area contributed by atoms with Gasteiger partial charge >= 0.3 is 0 Å². The van der Waals surface area contributed by atoms with Crippen LogP contribution in [0.3, 0.4) is 0 Å². The van der Waals surface area contributed by atoms with E-state index in [1.165, 1.54) is 16.9 Å². The molecule has 1 aromatic heterocycles. The van der Waals surface area contributed by atoms with Gasteiger partial charge < -0.3 is 9.42 Å². The van der Waals surface area contributed by atoms with E-state index in [0.29, 0.717) is 25.2 Å². The minimum atomic E-state index is -3.78. The Morgan fingerprint density at radius 2 is 1.85 bits per heavy atom. The zero-order valence-electron chi connectivity index (χ0n) is 20.2. The lowest BCUT2D eigenvalue weighted by molar-refractivity contribution is -0.118. The van der Waals surface area contributed by atoms with Crippen LogP contribution in [0.1, 0.15) is 51.1 Å². The molecular formula is C25H30N4O4S. The van der Waals surface area contributed by atoms with Gasteiger partial charge in [-0.25, -0.2) is 8.42 Å². The Balaban J connectivity index is 1.49. The zero-order valence-corrected chi connectivity index (χ0v) is 21.0. The van der Waals surface area contributed by atoms with E-state index in [1.807, 2.05) is 31.2 Å². The van der Waals surface area contributed by atoms with Crippen LogP contribution in [0.4, 0.5) is 5.69 Å². The lowest BCUT2D eigenvalue weighted by atomic mass is 9.87. The third kappa shape index (κ3) is 4.63. The van der Waals surface area contributed by atoms with Crippen molar-refractivity contribution < 1.29 is 17.7 Å². The number of anilines is 1. The summed E-state index contributed by atoms with van der Waals surface area (Å²) >= 11 is 0. The molecule has 0 atom stereocenters. The van der Waals surface area contributed by atoms with E-state index in [1.54, 1.807) is 23.1 Å². The predicted octanol–water partition coefficient (Wildman–Crippen LogP) is 4.15. The Hall–Kier alpha value is -3.04. The highest BCUT2D eigenvalue weighted by atomic mass is 32.2. The molecule has 0 radical (unpaired) electrons. The summed E-state index contributed by atoms with van der Waals surface area (Å²) < 4.78 is 32.9. The van der Waals surface area contributed by atoms with Crippen molar-refractivity contribution >= 4 is 21.6 Å². The average molecular weight is 483 g/mol. The minimum Gasteiger partial charge on any atom is -0.338 e. The quantitative estimate of drug-likeness (QED) is 0.524. The van der Waals surface area contributed by atoms with Crippen LogP contribution >= 0.6 is 0 Å². The van der Waals surface area contributed by atoms with E-state index in [4.69, 9.17) is 4.52 Å². The third-order valence-electron chi connectivity index (χ3n) is 6.09. The van der Waals surface area contributed by atoms with Crippen LogP contribution in [0.2, 0.25) is 0 Å². The Kier molecular flexibility index (Phi) is 6.35. The highest BCUT2D eigenvalue weighted by Gasteiger charge is 2.28. The number of hydrogen-bond acceptors (Lipinski definition) is 6. The van der Waals surface area contributed by atoms with E-state index in [2.05, 4.69) is 30.9 Å². The predicted molar refractivity (Wildman–Crippen MR) is 130 cm³/mol. The normalized spacial score (nSPS) is 14.0. The SMILES string of the molecule is CCC(=O)N1CCc2cc(S(=O)(=O)N(C)Cc3nc(-c4ccc(C(C)(C)C)cc4)no3)ccc21. The molecule has 0 aliphatic carbocycles. The summed E-state index contributed by atoms with van der Waals surface area (Å²) in [7, 11) is -2.29. The van der Waals surface area contributed by atoms with Crippen LogP contribution in [0.5, 0.6) is 0 Å². The zero-order chi connectivity index (χ0) is 24.7. The molecule has 0 N–H and O–H groups in total. The molecule has 4 rings (SSSR count). The molecule has 0 bridgehead atoms.